The Morgan fingerprint density at radius 3 is 1.86 bits per heavy atom. The van der Waals surface area contributed by atoms with Crippen LogP contribution in [0, 0.1) is 0 Å². The number of rotatable bonds is 9. The number of hydrogen-bond donors (Lipinski definition) is 0. The van der Waals surface area contributed by atoms with Crippen LogP contribution >= 0.6 is 12.2 Å². The maximum Gasteiger partial charge on any atom is 0.261 e. The summed E-state index contributed by atoms with van der Waals surface area (Å²) in [6, 6.07) is 16.7. The van der Waals surface area contributed by atoms with Crippen LogP contribution in [-0.2, 0) is 12.8 Å². The van der Waals surface area contributed by atoms with Crippen molar-refractivity contribution in [3.8, 4) is 0 Å². The van der Waals surface area contributed by atoms with Crippen LogP contribution in [0.4, 0.5) is 5.69 Å². The first-order chi connectivity index (χ1) is 20.9. The number of nitrogens with zero attached hydrogens (tertiary/aromatic N) is 4. The molecule has 0 atom stereocenters. The molecule has 1 aliphatic carbocycles. The molecule has 0 unspecified atom stereocenters. The van der Waals surface area contributed by atoms with Crippen LogP contribution < -0.4 is 0 Å². The topological polar surface area (TPSA) is 90.4 Å². The Hall–Kier alpha value is -4.56. The average Bonchev–Trinajstić information content (AvgIpc) is 3.43. The van der Waals surface area contributed by atoms with Crippen molar-refractivity contribution in [1.29, 1.82) is 0 Å². The van der Waals surface area contributed by atoms with Gasteiger partial charge in [-0.1, -0.05) is 24.3 Å². The maximum absolute atomic E-state index is 13.4. The number of carbonyl (C=O) groups excluding carboxylic acids is 4. The van der Waals surface area contributed by atoms with E-state index in [0.29, 0.717) is 65.8 Å². The summed E-state index contributed by atoms with van der Waals surface area (Å²) in [4.78, 5) is 62.2. The Kier molecular flexibility index (Phi) is 6.73. The van der Waals surface area contributed by atoms with Gasteiger partial charge >= 0.3 is 0 Å². The minimum Gasteiger partial charge on any atom is -0.306 e. The summed E-state index contributed by atoms with van der Waals surface area (Å²) in [6.45, 7) is 1.88. The highest BCUT2D eigenvalue weighted by Crippen LogP contribution is 2.38. The number of carbonyl (C=O) groups is 4. The van der Waals surface area contributed by atoms with Gasteiger partial charge in [-0.15, -0.1) is 0 Å². The van der Waals surface area contributed by atoms with Crippen LogP contribution in [0.1, 0.15) is 65.4 Å². The summed E-state index contributed by atoms with van der Waals surface area (Å²) in [6.07, 6.45) is 3.09. The predicted molar refractivity (Wildman–Crippen MR) is 167 cm³/mol. The van der Waals surface area contributed by atoms with Crippen molar-refractivity contribution < 1.29 is 19.2 Å². The van der Waals surface area contributed by atoms with Crippen molar-refractivity contribution in [2.45, 2.75) is 25.7 Å². The van der Waals surface area contributed by atoms with E-state index in [1.807, 2.05) is 37.4 Å². The number of aryl methyl sites for hydroxylation is 2. The fourth-order valence-electron chi connectivity index (χ4n) is 6.84. The molecule has 0 fully saturated rings. The second kappa shape index (κ2) is 10.6. The summed E-state index contributed by atoms with van der Waals surface area (Å²) in [7, 11) is 1.96. The van der Waals surface area contributed by atoms with Crippen LogP contribution in [0.5, 0.6) is 0 Å². The summed E-state index contributed by atoms with van der Waals surface area (Å²) >= 11 is 4.74. The Labute approximate surface area is 253 Å². The fraction of sp³-hybridized carbons (Fsp3) is 0.265. The zero-order valence-corrected chi connectivity index (χ0v) is 24.5. The molecule has 4 amide bonds. The largest absolute Gasteiger partial charge is 0.306 e. The van der Waals surface area contributed by atoms with Gasteiger partial charge in [0.1, 0.15) is 0 Å². The Morgan fingerprint density at radius 1 is 0.721 bits per heavy atom. The van der Waals surface area contributed by atoms with E-state index in [2.05, 4.69) is 15.1 Å². The summed E-state index contributed by atoms with van der Waals surface area (Å²) < 4.78 is 0. The number of amides is 4. The summed E-state index contributed by atoms with van der Waals surface area (Å²) in [5, 5.41) is 5.66. The van der Waals surface area contributed by atoms with Crippen molar-refractivity contribution in [3.05, 3.63) is 88.0 Å². The lowest BCUT2D eigenvalue weighted by Gasteiger charge is -2.29. The second-order valence-corrected chi connectivity index (χ2v) is 11.6. The number of aliphatic imine (C=N–C) groups is 1. The van der Waals surface area contributed by atoms with E-state index in [-0.39, 0.29) is 30.2 Å². The third-order valence-corrected chi connectivity index (χ3v) is 8.97. The van der Waals surface area contributed by atoms with Gasteiger partial charge < -0.3 is 4.90 Å². The molecular weight excluding hydrogens is 560 g/mol. The zero-order valence-electron chi connectivity index (χ0n) is 23.7. The van der Waals surface area contributed by atoms with Crippen molar-refractivity contribution >= 4 is 68.2 Å². The molecule has 0 aromatic heterocycles. The molecule has 0 radical (unpaired) electrons. The molecule has 43 heavy (non-hydrogen) atoms. The summed E-state index contributed by atoms with van der Waals surface area (Å²) in [5.74, 6) is -1.10. The molecule has 9 heteroatoms. The van der Waals surface area contributed by atoms with E-state index >= 15 is 0 Å². The third kappa shape index (κ3) is 4.39. The van der Waals surface area contributed by atoms with Crippen LogP contribution in [0.2, 0.25) is 0 Å². The van der Waals surface area contributed by atoms with Crippen LogP contribution in [-0.4, -0.2) is 76.7 Å². The number of imide groups is 2. The first kappa shape index (κ1) is 27.3. The molecule has 0 bridgehead atoms. The summed E-state index contributed by atoms with van der Waals surface area (Å²) in [5.41, 5.74) is 5.11. The number of hydrogen-bond acceptors (Lipinski definition) is 7. The standard InChI is InChI=1S/C34H28N4O4S/c1-36(13-3-15-37-32(40)25-11-9-20-7-8-21-10-12-26(33(37)41)30(25)28(20)21)14-4-16-38-31(39)24-6-2-5-22-17-23(35-19-43)18-27(29(22)24)34(38)42/h2,5-6,9-12,17-18H,3-4,7-8,13-16H2,1H3. The fourth-order valence-corrected chi connectivity index (χ4v) is 6.95. The van der Waals surface area contributed by atoms with Gasteiger partial charge in [-0.2, -0.15) is 4.99 Å². The molecule has 4 aromatic carbocycles. The van der Waals surface area contributed by atoms with Gasteiger partial charge in [0.05, 0.1) is 16.4 Å². The second-order valence-electron chi connectivity index (χ2n) is 11.4. The van der Waals surface area contributed by atoms with Crippen LogP contribution in [0.15, 0.2) is 59.6 Å². The van der Waals surface area contributed by atoms with E-state index in [1.54, 1.807) is 24.3 Å². The van der Waals surface area contributed by atoms with Gasteiger partial charge in [0, 0.05) is 40.6 Å². The van der Waals surface area contributed by atoms with Crippen molar-refractivity contribution in [3.63, 3.8) is 0 Å². The zero-order chi connectivity index (χ0) is 29.8. The number of isothiocyanates is 1. The molecule has 7 rings (SSSR count). The highest BCUT2D eigenvalue weighted by atomic mass is 32.1. The van der Waals surface area contributed by atoms with Gasteiger partial charge in [0.25, 0.3) is 23.6 Å². The molecular formula is C34H28N4O4S. The Balaban J connectivity index is 0.973. The minimum absolute atomic E-state index is 0.229. The van der Waals surface area contributed by atoms with Crippen LogP contribution in [0.3, 0.4) is 0 Å². The maximum atomic E-state index is 13.4. The lowest BCUT2D eigenvalue weighted by molar-refractivity contribution is 0.0596. The van der Waals surface area contributed by atoms with E-state index in [9.17, 15) is 19.2 Å². The molecule has 214 valence electrons. The van der Waals surface area contributed by atoms with Crippen LogP contribution in [0.25, 0.3) is 21.5 Å². The van der Waals surface area contributed by atoms with E-state index in [1.165, 1.54) is 20.9 Å². The number of benzene rings is 4. The van der Waals surface area contributed by atoms with Gasteiger partial charge in [0.15, 0.2) is 0 Å². The average molecular weight is 589 g/mol. The molecule has 8 nitrogen and oxygen atoms in total. The van der Waals surface area contributed by atoms with E-state index in [4.69, 9.17) is 12.2 Å². The van der Waals surface area contributed by atoms with Gasteiger partial charge in [-0.05, 0) is 110 Å². The molecule has 4 aromatic rings. The quantitative estimate of drug-likeness (QED) is 0.147. The Bertz CT molecular complexity index is 1900. The van der Waals surface area contributed by atoms with E-state index < -0.39 is 0 Å². The van der Waals surface area contributed by atoms with E-state index in [0.717, 1.165) is 29.0 Å². The lowest BCUT2D eigenvalue weighted by Crippen LogP contribution is -2.42. The molecule has 0 saturated heterocycles. The molecule has 0 spiro atoms. The monoisotopic (exact) mass is 588 g/mol. The van der Waals surface area contributed by atoms with Crippen molar-refractivity contribution in [2.75, 3.05) is 33.2 Å². The SMILES string of the molecule is CN(CCCN1C(=O)c2cccc3cc(N=C=S)cc(c23)C1=O)CCCN1C(=O)c2ccc3c4c(ccc(c24)C1=O)CC3. The first-order valence-electron chi connectivity index (χ1n) is 14.5. The molecule has 3 aliphatic rings. The molecule has 2 aliphatic heterocycles. The highest BCUT2D eigenvalue weighted by molar-refractivity contribution is 7.78. The molecule has 0 N–H and O–H groups in total. The van der Waals surface area contributed by atoms with Gasteiger partial charge in [-0.3, -0.25) is 29.0 Å². The molecule has 0 saturated carbocycles. The Morgan fingerprint density at radius 2 is 1.28 bits per heavy atom. The number of thiocarbonyl (C=S) groups is 1. The minimum atomic E-state index is -0.343. The smallest absolute Gasteiger partial charge is 0.261 e. The third-order valence-electron chi connectivity index (χ3n) is 8.88. The van der Waals surface area contributed by atoms with Gasteiger partial charge in [0.2, 0.25) is 0 Å². The first-order valence-corrected chi connectivity index (χ1v) is 14.9. The molecule has 2 heterocycles. The highest BCUT2D eigenvalue weighted by Gasteiger charge is 2.35. The lowest BCUT2D eigenvalue weighted by atomic mass is 9.91. The normalized spacial score (nSPS) is 15.3. The van der Waals surface area contributed by atoms with Crippen molar-refractivity contribution in [2.24, 2.45) is 4.99 Å². The van der Waals surface area contributed by atoms with Gasteiger partial charge in [-0.25, -0.2) is 0 Å². The predicted octanol–water partition coefficient (Wildman–Crippen LogP) is 5.43. The van der Waals surface area contributed by atoms with Crippen molar-refractivity contribution in [1.82, 2.24) is 14.7 Å².